The first kappa shape index (κ1) is 12.3. The molecule has 88 valence electrons. The van der Waals surface area contributed by atoms with E-state index < -0.39 is 0 Å². The molecule has 0 fully saturated rings. The number of ether oxygens (including phenoxy) is 1. The lowest BCUT2D eigenvalue weighted by Gasteiger charge is -2.07. The second-order valence-corrected chi connectivity index (χ2v) is 4.56. The fraction of sp³-hybridized carbons (Fsp3) is 0.0833. The topological polar surface area (TPSA) is 22.1 Å². The summed E-state index contributed by atoms with van der Waals surface area (Å²) in [7, 11) is 0. The van der Waals surface area contributed by atoms with E-state index >= 15 is 0 Å². The number of rotatable bonds is 3. The van der Waals surface area contributed by atoms with Gasteiger partial charge in [0.1, 0.15) is 22.8 Å². The molecule has 1 heterocycles. The Hall–Kier alpha value is -1.13. The van der Waals surface area contributed by atoms with Crippen LogP contribution in [-0.2, 0) is 6.61 Å². The van der Waals surface area contributed by atoms with Crippen molar-refractivity contribution in [2.24, 2.45) is 0 Å². The minimum absolute atomic E-state index is 0.280. The lowest BCUT2D eigenvalue weighted by atomic mass is 10.2. The van der Waals surface area contributed by atoms with E-state index in [-0.39, 0.29) is 12.4 Å². The van der Waals surface area contributed by atoms with Crippen molar-refractivity contribution in [1.82, 2.24) is 4.98 Å². The zero-order chi connectivity index (χ0) is 12.3. The summed E-state index contributed by atoms with van der Waals surface area (Å²) in [6, 6.07) is 7.78. The van der Waals surface area contributed by atoms with Crippen LogP contribution in [0.3, 0.4) is 0 Å². The number of hydrogen-bond acceptors (Lipinski definition) is 2. The van der Waals surface area contributed by atoms with Gasteiger partial charge in [-0.05, 0) is 40.2 Å². The van der Waals surface area contributed by atoms with Crippen LogP contribution in [0.4, 0.5) is 4.39 Å². The average Bonchev–Trinajstić information content (AvgIpc) is 2.30. The molecule has 0 unspecified atom stereocenters. The van der Waals surface area contributed by atoms with Gasteiger partial charge in [0.2, 0.25) is 0 Å². The fourth-order valence-electron chi connectivity index (χ4n) is 1.25. The van der Waals surface area contributed by atoms with E-state index in [1.807, 2.05) is 0 Å². The maximum atomic E-state index is 12.8. The minimum atomic E-state index is -0.357. The molecular weight excluding hydrogens is 308 g/mol. The summed E-state index contributed by atoms with van der Waals surface area (Å²) in [5, 5.41) is 0.357. The van der Waals surface area contributed by atoms with Gasteiger partial charge in [-0.3, -0.25) is 0 Å². The van der Waals surface area contributed by atoms with Crippen molar-refractivity contribution in [3.63, 3.8) is 0 Å². The van der Waals surface area contributed by atoms with Crippen molar-refractivity contribution in [2.75, 3.05) is 0 Å². The summed E-state index contributed by atoms with van der Waals surface area (Å²) in [5.74, 6) is 0.276. The van der Waals surface area contributed by atoms with E-state index in [4.69, 9.17) is 16.3 Å². The van der Waals surface area contributed by atoms with Crippen molar-refractivity contribution in [3.05, 3.63) is 57.5 Å². The second-order valence-electron chi connectivity index (χ2n) is 3.34. The van der Waals surface area contributed by atoms with Gasteiger partial charge in [0.15, 0.2) is 0 Å². The molecule has 0 radical (unpaired) electrons. The molecule has 0 atom stereocenters. The highest BCUT2D eigenvalue weighted by Crippen LogP contribution is 2.20. The van der Waals surface area contributed by atoms with Crippen LogP contribution < -0.4 is 4.74 Å². The molecule has 0 saturated heterocycles. The molecule has 0 aliphatic carbocycles. The summed E-state index contributed by atoms with van der Waals surface area (Å²) in [4.78, 5) is 4.03. The Bertz CT molecular complexity index is 518. The van der Waals surface area contributed by atoms with Crippen LogP contribution in [-0.4, -0.2) is 4.98 Å². The van der Waals surface area contributed by atoms with E-state index in [0.29, 0.717) is 10.8 Å². The minimum Gasteiger partial charge on any atom is -0.487 e. The molecular formula is C12H8BrClFNO. The number of hydrogen-bond donors (Lipinski definition) is 0. The predicted octanol–water partition coefficient (Wildman–Crippen LogP) is 4.22. The number of benzene rings is 1. The molecule has 0 aliphatic heterocycles. The molecule has 17 heavy (non-hydrogen) atoms. The molecule has 0 amide bonds. The van der Waals surface area contributed by atoms with Gasteiger partial charge in [-0.15, -0.1) is 0 Å². The van der Waals surface area contributed by atoms with Crippen LogP contribution in [0, 0.1) is 5.82 Å². The zero-order valence-electron chi connectivity index (χ0n) is 8.66. The lowest BCUT2D eigenvalue weighted by Crippen LogP contribution is -1.97. The molecule has 5 heteroatoms. The van der Waals surface area contributed by atoms with Gasteiger partial charge in [-0.2, -0.15) is 0 Å². The summed E-state index contributed by atoms with van der Waals surface area (Å²) >= 11 is 9.11. The zero-order valence-corrected chi connectivity index (χ0v) is 11.0. The number of nitrogens with zero attached hydrogens (tertiary/aromatic N) is 1. The third kappa shape index (κ3) is 3.41. The van der Waals surface area contributed by atoms with Crippen LogP contribution in [0.2, 0.25) is 5.02 Å². The number of pyridine rings is 1. The van der Waals surface area contributed by atoms with Gasteiger partial charge in [-0.25, -0.2) is 9.37 Å². The SMILES string of the molecule is Fc1ccc(COc2ccc(Br)nc2)c(Cl)c1. The van der Waals surface area contributed by atoms with Gasteiger partial charge in [0, 0.05) is 5.56 Å². The van der Waals surface area contributed by atoms with Crippen molar-refractivity contribution in [1.29, 1.82) is 0 Å². The van der Waals surface area contributed by atoms with Crippen molar-refractivity contribution in [2.45, 2.75) is 6.61 Å². The van der Waals surface area contributed by atoms with E-state index in [2.05, 4.69) is 20.9 Å². The van der Waals surface area contributed by atoms with Gasteiger partial charge < -0.3 is 4.74 Å². The summed E-state index contributed by atoms with van der Waals surface area (Å²) in [6.07, 6.45) is 1.60. The van der Waals surface area contributed by atoms with Crippen molar-refractivity contribution in [3.8, 4) is 5.75 Å². The summed E-state index contributed by atoms with van der Waals surface area (Å²) in [6.45, 7) is 0.280. The highest BCUT2D eigenvalue weighted by Gasteiger charge is 2.03. The van der Waals surface area contributed by atoms with E-state index in [9.17, 15) is 4.39 Å². The normalized spacial score (nSPS) is 10.3. The lowest BCUT2D eigenvalue weighted by molar-refractivity contribution is 0.305. The summed E-state index contributed by atoms with van der Waals surface area (Å²) < 4.78 is 19.0. The molecule has 1 aromatic heterocycles. The Morgan fingerprint density at radius 2 is 2.12 bits per heavy atom. The highest BCUT2D eigenvalue weighted by atomic mass is 79.9. The molecule has 0 spiro atoms. The van der Waals surface area contributed by atoms with Gasteiger partial charge >= 0.3 is 0 Å². The van der Waals surface area contributed by atoms with Crippen LogP contribution in [0.5, 0.6) is 5.75 Å². The van der Waals surface area contributed by atoms with Crippen LogP contribution >= 0.6 is 27.5 Å². The van der Waals surface area contributed by atoms with Crippen molar-refractivity contribution >= 4 is 27.5 Å². The quantitative estimate of drug-likeness (QED) is 0.791. The first-order valence-electron chi connectivity index (χ1n) is 4.83. The second kappa shape index (κ2) is 5.47. The van der Waals surface area contributed by atoms with E-state index in [1.165, 1.54) is 12.1 Å². The third-order valence-corrected chi connectivity index (χ3v) is 2.93. The van der Waals surface area contributed by atoms with Gasteiger partial charge in [0.05, 0.1) is 11.2 Å². The van der Waals surface area contributed by atoms with Crippen LogP contribution in [0.15, 0.2) is 41.1 Å². The number of aromatic nitrogens is 1. The Morgan fingerprint density at radius 1 is 1.29 bits per heavy atom. The Labute approximate surface area is 112 Å². The molecule has 2 aromatic rings. The van der Waals surface area contributed by atoms with Crippen molar-refractivity contribution < 1.29 is 9.13 Å². The molecule has 0 bridgehead atoms. The molecule has 0 N–H and O–H groups in total. The first-order valence-corrected chi connectivity index (χ1v) is 6.00. The van der Waals surface area contributed by atoms with E-state index in [0.717, 1.165) is 10.2 Å². The van der Waals surface area contributed by atoms with E-state index in [1.54, 1.807) is 24.4 Å². The average molecular weight is 317 g/mol. The van der Waals surface area contributed by atoms with Crippen LogP contribution in [0.25, 0.3) is 0 Å². The largest absolute Gasteiger partial charge is 0.487 e. The first-order chi connectivity index (χ1) is 8.15. The fourth-order valence-corrected chi connectivity index (χ4v) is 1.70. The molecule has 0 saturated carbocycles. The maximum absolute atomic E-state index is 12.8. The molecule has 2 rings (SSSR count). The molecule has 2 nitrogen and oxygen atoms in total. The van der Waals surface area contributed by atoms with Gasteiger partial charge in [0.25, 0.3) is 0 Å². The Balaban J connectivity index is 2.04. The van der Waals surface area contributed by atoms with Gasteiger partial charge in [-0.1, -0.05) is 17.7 Å². The Morgan fingerprint density at radius 3 is 2.76 bits per heavy atom. The molecule has 0 aliphatic rings. The third-order valence-electron chi connectivity index (χ3n) is 2.11. The smallest absolute Gasteiger partial charge is 0.138 e. The standard InChI is InChI=1S/C12H8BrClFNO/c13-12-4-3-10(6-16-12)17-7-8-1-2-9(15)5-11(8)14/h1-6H,7H2. The number of halogens is 3. The molecule has 1 aromatic carbocycles. The monoisotopic (exact) mass is 315 g/mol. The van der Waals surface area contributed by atoms with Crippen LogP contribution in [0.1, 0.15) is 5.56 Å². The maximum Gasteiger partial charge on any atom is 0.138 e. The Kier molecular flexibility index (Phi) is 3.97. The predicted molar refractivity (Wildman–Crippen MR) is 67.7 cm³/mol. The highest BCUT2D eigenvalue weighted by molar-refractivity contribution is 9.10. The summed E-state index contributed by atoms with van der Waals surface area (Å²) in [5.41, 5.74) is 0.732.